The summed E-state index contributed by atoms with van der Waals surface area (Å²) in [4.78, 5) is 29.6. The van der Waals surface area contributed by atoms with Gasteiger partial charge in [0.15, 0.2) is 6.04 Å². The van der Waals surface area contributed by atoms with Crippen LogP contribution in [0.1, 0.15) is 0 Å². The smallest absolute Gasteiger partial charge is 0.344 e. The fourth-order valence-electron chi connectivity index (χ4n) is 1.80. The second-order valence-electron chi connectivity index (χ2n) is 3.57. The van der Waals surface area contributed by atoms with Crippen molar-refractivity contribution in [2.75, 3.05) is 13.2 Å². The summed E-state index contributed by atoms with van der Waals surface area (Å²) in [7, 11) is 0. The van der Waals surface area contributed by atoms with Gasteiger partial charge in [-0.2, -0.15) is 0 Å². The third kappa shape index (κ3) is 2.53. The summed E-state index contributed by atoms with van der Waals surface area (Å²) in [5, 5.41) is 32.5. The number of allylic oxidation sites excluding steroid dienone is 1. The molecule has 1 aliphatic carbocycles. The number of rotatable bonds is 3. The van der Waals surface area contributed by atoms with Crippen LogP contribution in [0.2, 0.25) is 0 Å². The van der Waals surface area contributed by atoms with Crippen molar-refractivity contribution in [3.8, 4) is 0 Å². The average Bonchev–Trinajstić information content (AvgIpc) is 2.77. The van der Waals surface area contributed by atoms with E-state index in [-0.39, 0.29) is 42.8 Å². The first kappa shape index (κ1) is 16.5. The van der Waals surface area contributed by atoms with Crippen molar-refractivity contribution < 1.29 is 53.8 Å². The molecule has 20 heavy (non-hydrogen) atoms. The van der Waals surface area contributed by atoms with Gasteiger partial charge in [-0.3, -0.25) is 30.3 Å². The number of nitrogens with zero attached hydrogens (tertiary/aromatic N) is 3. The van der Waals surface area contributed by atoms with Crippen LogP contribution in [0.15, 0.2) is 23.5 Å². The molecule has 1 aliphatic heterocycles. The monoisotopic (exact) mass is 295 g/mol. The minimum atomic E-state index is -2.29. The van der Waals surface area contributed by atoms with E-state index in [2.05, 4.69) is 0 Å². The van der Waals surface area contributed by atoms with Crippen LogP contribution in [0, 0.1) is 36.4 Å². The Morgan fingerprint density at radius 1 is 1.10 bits per heavy atom. The molecular formula is C8H6N3NaO8. The largest absolute Gasteiger partial charge is 1.00 e. The molecule has 1 heterocycles. The maximum absolute atomic E-state index is 10.9. The van der Waals surface area contributed by atoms with Crippen LogP contribution in [0.5, 0.6) is 0 Å². The Hall–Kier alpha value is -1.53. The normalized spacial score (nSPS) is 19.9. The third-order valence-electron chi connectivity index (χ3n) is 2.54. The molecule has 0 amide bonds. The maximum Gasteiger partial charge on any atom is 1.00 e. The summed E-state index contributed by atoms with van der Waals surface area (Å²) in [6.07, 6.45) is 1.19. The first-order valence-corrected chi connectivity index (χ1v) is 4.91. The Balaban J connectivity index is 0.00000200. The van der Waals surface area contributed by atoms with E-state index in [0.717, 1.165) is 0 Å². The average molecular weight is 295 g/mol. The van der Waals surface area contributed by atoms with Gasteiger partial charge in [0.05, 0.1) is 18.1 Å². The van der Waals surface area contributed by atoms with Crippen molar-refractivity contribution in [3.63, 3.8) is 0 Å². The summed E-state index contributed by atoms with van der Waals surface area (Å²) in [5.41, 5.74) is -1.66. The quantitative estimate of drug-likeness (QED) is 0.230. The number of ether oxygens (including phenoxy) is 2. The second-order valence-corrected chi connectivity index (χ2v) is 3.57. The Kier molecular flexibility index (Phi) is 4.83. The first-order chi connectivity index (χ1) is 8.88. The van der Waals surface area contributed by atoms with Crippen molar-refractivity contribution >= 4 is 0 Å². The van der Waals surface area contributed by atoms with Gasteiger partial charge in [0.1, 0.15) is 5.70 Å². The van der Waals surface area contributed by atoms with E-state index in [9.17, 15) is 30.3 Å². The van der Waals surface area contributed by atoms with Gasteiger partial charge in [0.25, 0.3) is 11.5 Å². The van der Waals surface area contributed by atoms with E-state index in [1.54, 1.807) is 0 Å². The molecule has 0 aromatic heterocycles. The van der Waals surface area contributed by atoms with Crippen LogP contribution >= 0.6 is 0 Å². The minimum Gasteiger partial charge on any atom is -0.344 e. The van der Waals surface area contributed by atoms with Crippen molar-refractivity contribution in [3.05, 3.63) is 59.9 Å². The van der Waals surface area contributed by atoms with Crippen LogP contribution < -0.4 is 29.6 Å². The molecule has 2 rings (SSSR count). The summed E-state index contributed by atoms with van der Waals surface area (Å²) in [5.74, 6) is -2.29. The predicted molar refractivity (Wildman–Crippen MR) is 55.0 cm³/mol. The topological polar surface area (TPSA) is 148 Å². The van der Waals surface area contributed by atoms with Gasteiger partial charge in [-0.25, -0.2) is 0 Å². The Morgan fingerprint density at radius 3 is 2.05 bits per heavy atom. The SMILES string of the molecule is O=[N+]([O-])C1=C[C-]([N+](=O)[O-])C2(OCCO2)C([N+](=O)[O-])=C1.[Na+]. The van der Waals surface area contributed by atoms with E-state index in [0.29, 0.717) is 12.2 Å². The molecule has 0 atom stereocenters. The molecule has 0 unspecified atom stereocenters. The predicted octanol–water partition coefficient (Wildman–Crippen LogP) is -3.12. The van der Waals surface area contributed by atoms with E-state index in [1.165, 1.54) is 0 Å². The second kappa shape index (κ2) is 5.85. The van der Waals surface area contributed by atoms with Crippen molar-refractivity contribution in [2.24, 2.45) is 0 Å². The van der Waals surface area contributed by atoms with Gasteiger partial charge in [0, 0.05) is 6.08 Å². The molecule has 1 fully saturated rings. The molecule has 0 aromatic carbocycles. The van der Waals surface area contributed by atoms with E-state index in [4.69, 9.17) is 9.47 Å². The molecular weight excluding hydrogens is 289 g/mol. The van der Waals surface area contributed by atoms with E-state index in [1.807, 2.05) is 0 Å². The standard InChI is InChI=1S/C8H6N3O8.Na/c12-9(13)5-3-6(10(14)15)8(18-1-2-19-8)7(4-5)11(16)17;/h3-4H,1-2H2;/q-1;+1. The van der Waals surface area contributed by atoms with Crippen LogP contribution in [0.25, 0.3) is 0 Å². The van der Waals surface area contributed by atoms with Gasteiger partial charge < -0.3 is 9.47 Å². The molecule has 11 nitrogen and oxygen atoms in total. The van der Waals surface area contributed by atoms with Crippen LogP contribution in [-0.4, -0.2) is 33.8 Å². The Morgan fingerprint density at radius 2 is 1.65 bits per heavy atom. The number of hydrogen-bond acceptors (Lipinski definition) is 8. The first-order valence-electron chi connectivity index (χ1n) is 4.91. The molecule has 1 spiro atoms. The van der Waals surface area contributed by atoms with Crippen molar-refractivity contribution in [2.45, 2.75) is 5.79 Å². The molecule has 0 aromatic rings. The van der Waals surface area contributed by atoms with Gasteiger partial charge in [-0.1, -0.05) is 6.08 Å². The van der Waals surface area contributed by atoms with Gasteiger partial charge in [-0.05, 0) is 9.85 Å². The summed E-state index contributed by atoms with van der Waals surface area (Å²) in [6, 6.07) is -0.883. The Bertz CT molecular complexity index is 524. The van der Waals surface area contributed by atoms with E-state index >= 15 is 0 Å². The Labute approximate surface area is 133 Å². The zero-order valence-electron chi connectivity index (χ0n) is 10.2. The number of hydrogen-bond donors (Lipinski definition) is 0. The summed E-state index contributed by atoms with van der Waals surface area (Å²) < 4.78 is 9.96. The van der Waals surface area contributed by atoms with Gasteiger partial charge in [-0.15, -0.1) is 0 Å². The van der Waals surface area contributed by atoms with E-state index < -0.39 is 38.0 Å². The zero-order chi connectivity index (χ0) is 14.2. The molecule has 2 aliphatic rings. The molecule has 0 bridgehead atoms. The maximum atomic E-state index is 10.9. The number of nitro groups is 3. The van der Waals surface area contributed by atoms with Crippen LogP contribution in [0.4, 0.5) is 0 Å². The minimum absolute atomic E-state index is 0. The molecule has 0 N–H and O–H groups in total. The zero-order valence-corrected chi connectivity index (χ0v) is 12.2. The fraction of sp³-hybridized carbons (Fsp3) is 0.375. The van der Waals surface area contributed by atoms with Crippen molar-refractivity contribution in [1.82, 2.24) is 0 Å². The molecule has 102 valence electrons. The molecule has 0 saturated carbocycles. The molecule has 1 saturated heterocycles. The van der Waals surface area contributed by atoms with Gasteiger partial charge >= 0.3 is 29.6 Å². The summed E-state index contributed by atoms with van der Waals surface area (Å²) >= 11 is 0. The summed E-state index contributed by atoms with van der Waals surface area (Å²) in [6.45, 7) is -0.186. The van der Waals surface area contributed by atoms with Crippen molar-refractivity contribution in [1.29, 1.82) is 0 Å². The van der Waals surface area contributed by atoms with Crippen LogP contribution in [0.3, 0.4) is 0 Å². The molecule has 12 heteroatoms. The third-order valence-corrected chi connectivity index (χ3v) is 2.54. The van der Waals surface area contributed by atoms with Crippen LogP contribution in [-0.2, 0) is 9.47 Å². The molecule has 0 radical (unpaired) electrons. The van der Waals surface area contributed by atoms with Gasteiger partial charge in [0.2, 0.25) is 0 Å². The fourth-order valence-corrected chi connectivity index (χ4v) is 1.80.